The highest BCUT2D eigenvalue weighted by Gasteiger charge is 2.55. The zero-order valence-corrected chi connectivity index (χ0v) is 20.2. The van der Waals surface area contributed by atoms with Gasteiger partial charge in [0.25, 0.3) is 11.8 Å². The average Bonchev–Trinajstić information content (AvgIpc) is 3.42. The van der Waals surface area contributed by atoms with E-state index in [1.54, 1.807) is 0 Å². The maximum absolute atomic E-state index is 13.0. The summed E-state index contributed by atoms with van der Waals surface area (Å²) in [7, 11) is 2.12. The molecule has 0 saturated carbocycles. The van der Waals surface area contributed by atoms with Crippen LogP contribution < -0.4 is 11.1 Å². The van der Waals surface area contributed by atoms with Gasteiger partial charge in [-0.3, -0.25) is 14.5 Å². The lowest BCUT2D eigenvalue weighted by Crippen LogP contribution is -2.71. The van der Waals surface area contributed by atoms with Gasteiger partial charge in [-0.25, -0.2) is 9.78 Å². The monoisotopic (exact) mass is 505 g/mol. The third-order valence-electron chi connectivity index (χ3n) is 6.04. The largest absolute Gasteiger partial charge is 0.477 e. The maximum Gasteiger partial charge on any atom is 0.352 e. The van der Waals surface area contributed by atoms with Gasteiger partial charge in [-0.15, -0.1) is 29.5 Å². The highest BCUT2D eigenvalue weighted by atomic mass is 32.2. The first-order valence-electron chi connectivity index (χ1n) is 10.6. The van der Waals surface area contributed by atoms with Crippen LogP contribution >= 0.6 is 23.1 Å². The molecule has 180 valence electrons. The van der Waals surface area contributed by atoms with Gasteiger partial charge in [0.05, 0.1) is 20.1 Å². The van der Waals surface area contributed by atoms with Crippen molar-refractivity contribution in [3.63, 3.8) is 0 Å². The van der Waals surface area contributed by atoms with Crippen molar-refractivity contribution in [2.75, 3.05) is 44.8 Å². The Morgan fingerprint density at radius 1 is 1.47 bits per heavy atom. The smallest absolute Gasteiger partial charge is 0.352 e. The van der Waals surface area contributed by atoms with E-state index in [1.807, 2.05) is 0 Å². The molecule has 11 nitrogen and oxygen atoms in total. The molecule has 1 aromatic heterocycles. The summed E-state index contributed by atoms with van der Waals surface area (Å²) in [6.45, 7) is 2.42. The number of β-lactam (4-membered cyclic amide) rings is 1. The summed E-state index contributed by atoms with van der Waals surface area (Å²) in [5.74, 6) is 0.417. The molecule has 0 aliphatic carbocycles. The minimum absolute atomic E-state index is 0.0315. The Hall–Kier alpha value is -3.08. The number of fused-ring (bicyclic) bond motifs is 1. The number of likely N-dealkylation sites (tertiary alicyclic amines) is 1. The van der Waals surface area contributed by atoms with Gasteiger partial charge in [0, 0.05) is 29.5 Å². The normalized spacial score (nSPS) is 23.7. The summed E-state index contributed by atoms with van der Waals surface area (Å²) in [6.07, 6.45) is 7.38. The van der Waals surface area contributed by atoms with E-state index in [4.69, 9.17) is 17.0 Å². The van der Waals surface area contributed by atoms with Crippen LogP contribution in [0.5, 0.6) is 0 Å². The number of amides is 2. The van der Waals surface area contributed by atoms with Gasteiger partial charge < -0.3 is 25.5 Å². The number of terminal acetylenes is 1. The Labute approximate surface area is 204 Å². The molecule has 1 unspecified atom stereocenters. The number of nitrogens with one attached hydrogen (secondary N) is 1. The van der Waals surface area contributed by atoms with Crippen LogP contribution in [-0.4, -0.2) is 93.4 Å². The number of quaternary nitrogens is 1. The number of aromatic nitrogens is 1. The number of carboxylic acids is 1. The van der Waals surface area contributed by atoms with Crippen LogP contribution in [0.15, 0.2) is 21.8 Å². The van der Waals surface area contributed by atoms with Crippen molar-refractivity contribution in [1.82, 2.24) is 15.2 Å². The predicted octanol–water partition coefficient (Wildman–Crippen LogP) is 0.0582. The van der Waals surface area contributed by atoms with Crippen molar-refractivity contribution < 1.29 is 28.8 Å². The lowest BCUT2D eigenvalue weighted by Gasteiger charge is -2.49. The van der Waals surface area contributed by atoms with Crippen molar-refractivity contribution in [2.24, 2.45) is 5.16 Å². The van der Waals surface area contributed by atoms with E-state index in [0.717, 1.165) is 47.3 Å². The number of hydrogen-bond donors (Lipinski definition) is 3. The second-order valence-electron chi connectivity index (χ2n) is 8.54. The summed E-state index contributed by atoms with van der Waals surface area (Å²) in [4.78, 5) is 48.4. The topological polar surface area (TPSA) is 147 Å². The van der Waals surface area contributed by atoms with E-state index >= 15 is 0 Å². The Morgan fingerprint density at radius 3 is 2.82 bits per heavy atom. The highest BCUT2D eigenvalue weighted by molar-refractivity contribution is 8.00. The molecule has 2 saturated heterocycles. The first kappa shape index (κ1) is 24.1. The molecule has 2 fully saturated rings. The summed E-state index contributed by atoms with van der Waals surface area (Å²) in [6, 6.07) is -0.904. The maximum atomic E-state index is 13.0. The molecule has 4 rings (SSSR count). The molecule has 13 heteroatoms. The summed E-state index contributed by atoms with van der Waals surface area (Å²) in [5.41, 5.74) is 6.46. The van der Waals surface area contributed by atoms with E-state index < -0.39 is 29.2 Å². The van der Waals surface area contributed by atoms with Gasteiger partial charge in [0.1, 0.15) is 29.4 Å². The van der Waals surface area contributed by atoms with Crippen LogP contribution in [0.3, 0.4) is 0 Å². The third-order valence-corrected chi connectivity index (χ3v) is 8.05. The van der Waals surface area contributed by atoms with Crippen LogP contribution in [0, 0.1) is 12.3 Å². The van der Waals surface area contributed by atoms with Crippen LogP contribution in [0.1, 0.15) is 18.5 Å². The lowest BCUT2D eigenvalue weighted by atomic mass is 10.0. The zero-order valence-electron chi connectivity index (χ0n) is 18.5. The summed E-state index contributed by atoms with van der Waals surface area (Å²) in [5, 5.41) is 17.6. The molecule has 2 amide bonds. The van der Waals surface area contributed by atoms with Crippen molar-refractivity contribution in [3.05, 3.63) is 22.3 Å². The standard InChI is InChI=1S/C21H24N6O5S2/c1-3-8-32-25-14(13-11-34-21(22)23-13)17(28)24-15-18(29)26-16(20(30)31)12(10-33-19(15)26)9-27(2)6-4-5-7-27/h1,11,15,19H,4-10H2,2H3,(H3-,22,23,24,28,30,31)/p+1/t15?,19-/m0/s1. The minimum atomic E-state index is -1.13. The number of likely N-dealkylation sites (N-methyl/N-ethyl adjacent to an activating group) is 1. The van der Waals surface area contributed by atoms with Crippen molar-refractivity contribution >= 4 is 51.7 Å². The van der Waals surface area contributed by atoms with Crippen LogP contribution in [-0.2, 0) is 19.2 Å². The van der Waals surface area contributed by atoms with Gasteiger partial charge in [0.15, 0.2) is 17.5 Å². The van der Waals surface area contributed by atoms with E-state index in [-0.39, 0.29) is 28.8 Å². The Balaban J connectivity index is 1.52. The lowest BCUT2D eigenvalue weighted by molar-refractivity contribution is -0.893. The molecule has 3 aliphatic rings. The van der Waals surface area contributed by atoms with E-state index in [2.05, 4.69) is 28.4 Å². The Bertz CT molecular complexity index is 1120. The van der Waals surface area contributed by atoms with Gasteiger partial charge in [-0.1, -0.05) is 11.1 Å². The molecular formula is C21H25N6O5S2+. The Kier molecular flexibility index (Phi) is 6.83. The van der Waals surface area contributed by atoms with Crippen LogP contribution in [0.2, 0.25) is 0 Å². The number of nitrogens with zero attached hydrogens (tertiary/aromatic N) is 4. The molecule has 0 bridgehead atoms. The van der Waals surface area contributed by atoms with Crippen LogP contribution in [0.25, 0.3) is 0 Å². The minimum Gasteiger partial charge on any atom is -0.477 e. The predicted molar refractivity (Wildman–Crippen MR) is 128 cm³/mol. The number of aliphatic carboxylic acids is 1. The van der Waals surface area contributed by atoms with Crippen LogP contribution in [0.4, 0.5) is 5.13 Å². The number of carbonyl (C=O) groups is 3. The van der Waals surface area contributed by atoms with Crippen molar-refractivity contribution in [2.45, 2.75) is 24.3 Å². The van der Waals surface area contributed by atoms with Gasteiger partial charge in [-0.05, 0) is 0 Å². The number of carbonyl (C=O) groups excluding carboxylic acids is 2. The van der Waals surface area contributed by atoms with Crippen molar-refractivity contribution in [3.8, 4) is 12.3 Å². The van der Waals surface area contributed by atoms with Gasteiger partial charge in [0.2, 0.25) is 0 Å². The number of anilines is 1. The molecule has 4 heterocycles. The van der Waals surface area contributed by atoms with Gasteiger partial charge >= 0.3 is 5.97 Å². The average molecular weight is 506 g/mol. The second-order valence-corrected chi connectivity index (χ2v) is 10.5. The first-order chi connectivity index (χ1) is 16.2. The van der Waals surface area contributed by atoms with E-state index in [0.29, 0.717) is 12.3 Å². The number of carboxylic acid groups (broad SMARTS) is 1. The fourth-order valence-corrected chi connectivity index (χ4v) is 6.35. The number of thioether (sulfide) groups is 1. The number of nitrogen functional groups attached to an aromatic ring is 1. The van der Waals surface area contributed by atoms with Gasteiger partial charge in [-0.2, -0.15) is 0 Å². The SMILES string of the molecule is C#CCON=C(C(=O)NC1C(=O)N2C(C(=O)O)=C(C[N+]3(C)CCCC3)CS[C@@H]12)c1csc(N)n1. The van der Waals surface area contributed by atoms with E-state index in [1.165, 1.54) is 22.0 Å². The molecule has 0 spiro atoms. The molecule has 4 N–H and O–H groups in total. The molecule has 1 aromatic rings. The highest BCUT2D eigenvalue weighted by Crippen LogP contribution is 2.41. The number of thiazole rings is 1. The van der Waals surface area contributed by atoms with Crippen molar-refractivity contribution in [1.29, 1.82) is 0 Å². The third kappa shape index (κ3) is 4.61. The van der Waals surface area contributed by atoms with E-state index in [9.17, 15) is 19.5 Å². The quantitative estimate of drug-likeness (QED) is 0.112. The molecule has 0 aromatic carbocycles. The molecular weight excluding hydrogens is 480 g/mol. The fourth-order valence-electron chi connectivity index (χ4n) is 4.47. The fraction of sp³-hybridized carbons (Fsp3) is 0.476. The molecule has 34 heavy (non-hydrogen) atoms. The second kappa shape index (κ2) is 9.65. The number of rotatable bonds is 8. The first-order valence-corrected chi connectivity index (χ1v) is 12.6. The number of hydrogen-bond acceptors (Lipinski definition) is 9. The molecule has 3 aliphatic heterocycles. The molecule has 0 radical (unpaired) electrons. The molecule has 2 atom stereocenters. The summed E-state index contributed by atoms with van der Waals surface area (Å²) < 4.78 is 0.772. The summed E-state index contributed by atoms with van der Waals surface area (Å²) >= 11 is 2.56. The Morgan fingerprint density at radius 2 is 2.21 bits per heavy atom. The number of oxime groups is 1. The number of nitrogens with two attached hydrogens (primary N) is 1. The zero-order chi connectivity index (χ0) is 24.5.